The lowest BCUT2D eigenvalue weighted by Gasteiger charge is -2.38. The quantitative estimate of drug-likeness (QED) is 0.263. The second-order valence-electron chi connectivity index (χ2n) is 14.0. The maximum absolute atomic E-state index is 2.37. The zero-order chi connectivity index (χ0) is 23.6. The molecule has 0 spiro atoms. The van der Waals surface area contributed by atoms with E-state index in [0.717, 1.165) is 47.3 Å². The normalized spacial score (nSPS) is 39.7. The highest BCUT2D eigenvalue weighted by atomic mass is 14.4. The molecule has 4 aliphatic carbocycles. The van der Waals surface area contributed by atoms with E-state index in [-0.39, 0.29) is 0 Å². The van der Waals surface area contributed by atoms with Crippen molar-refractivity contribution in [2.45, 2.75) is 168 Å². The Bertz CT molecular complexity index is 456. The third kappa shape index (κ3) is 8.26. The molecular formula is C34H62. The highest BCUT2D eigenvalue weighted by Gasteiger charge is 2.32. The van der Waals surface area contributed by atoms with Crippen LogP contribution < -0.4 is 0 Å². The van der Waals surface area contributed by atoms with Gasteiger partial charge >= 0.3 is 0 Å². The SMILES string of the molecule is CCCC1CCC(C2CCC(CCCCC3CCC(C4CCC(CCC)CC4)CC3)CC2)CC1. The van der Waals surface area contributed by atoms with Gasteiger partial charge in [-0.3, -0.25) is 0 Å². The summed E-state index contributed by atoms with van der Waals surface area (Å²) in [6.45, 7) is 4.75. The van der Waals surface area contributed by atoms with E-state index in [9.17, 15) is 0 Å². The monoisotopic (exact) mass is 470 g/mol. The molecule has 0 nitrogen and oxygen atoms in total. The van der Waals surface area contributed by atoms with Crippen LogP contribution in [0.3, 0.4) is 0 Å². The maximum atomic E-state index is 2.37. The summed E-state index contributed by atoms with van der Waals surface area (Å²) in [4.78, 5) is 0. The van der Waals surface area contributed by atoms with Gasteiger partial charge in [-0.1, -0.05) is 117 Å². The highest BCUT2D eigenvalue weighted by molar-refractivity contribution is 4.83. The first kappa shape index (κ1) is 27.0. The number of unbranched alkanes of at least 4 members (excludes halogenated alkanes) is 1. The van der Waals surface area contributed by atoms with Crippen molar-refractivity contribution in [1.82, 2.24) is 0 Å². The third-order valence-electron chi connectivity index (χ3n) is 11.8. The molecule has 0 heterocycles. The van der Waals surface area contributed by atoms with Crippen molar-refractivity contribution >= 4 is 0 Å². The Kier molecular flexibility index (Phi) is 11.7. The van der Waals surface area contributed by atoms with Crippen molar-refractivity contribution in [3.8, 4) is 0 Å². The van der Waals surface area contributed by atoms with Crippen molar-refractivity contribution in [2.24, 2.45) is 47.3 Å². The molecule has 4 aliphatic rings. The summed E-state index contributed by atoms with van der Waals surface area (Å²) in [7, 11) is 0. The van der Waals surface area contributed by atoms with E-state index >= 15 is 0 Å². The van der Waals surface area contributed by atoms with E-state index in [4.69, 9.17) is 0 Å². The van der Waals surface area contributed by atoms with Gasteiger partial charge in [0.05, 0.1) is 0 Å². The van der Waals surface area contributed by atoms with Crippen LogP contribution in [0.2, 0.25) is 0 Å². The lowest BCUT2D eigenvalue weighted by atomic mass is 9.68. The largest absolute Gasteiger partial charge is 0.0654 e. The molecule has 4 rings (SSSR count). The summed E-state index contributed by atoms with van der Waals surface area (Å²) >= 11 is 0. The second-order valence-corrected chi connectivity index (χ2v) is 14.0. The fourth-order valence-corrected chi connectivity index (χ4v) is 9.48. The molecule has 0 radical (unpaired) electrons. The van der Waals surface area contributed by atoms with E-state index in [2.05, 4.69) is 13.8 Å². The van der Waals surface area contributed by atoms with Gasteiger partial charge in [-0.2, -0.15) is 0 Å². The zero-order valence-electron chi connectivity index (χ0n) is 23.6. The van der Waals surface area contributed by atoms with Gasteiger partial charge in [-0.15, -0.1) is 0 Å². The van der Waals surface area contributed by atoms with Crippen LogP contribution in [-0.2, 0) is 0 Å². The highest BCUT2D eigenvalue weighted by Crippen LogP contribution is 2.44. The van der Waals surface area contributed by atoms with Crippen LogP contribution >= 0.6 is 0 Å². The Labute approximate surface area is 215 Å². The number of hydrogen-bond donors (Lipinski definition) is 0. The van der Waals surface area contributed by atoms with Gasteiger partial charge < -0.3 is 0 Å². The zero-order valence-corrected chi connectivity index (χ0v) is 23.6. The van der Waals surface area contributed by atoms with E-state index in [1.165, 1.54) is 25.7 Å². The third-order valence-corrected chi connectivity index (χ3v) is 11.8. The molecule has 0 aromatic rings. The van der Waals surface area contributed by atoms with Gasteiger partial charge in [0.1, 0.15) is 0 Å². The summed E-state index contributed by atoms with van der Waals surface area (Å²) in [5, 5.41) is 0. The van der Waals surface area contributed by atoms with Crippen LogP contribution in [0, 0.1) is 47.3 Å². The van der Waals surface area contributed by atoms with E-state index < -0.39 is 0 Å². The number of hydrogen-bond acceptors (Lipinski definition) is 0. The Morgan fingerprint density at radius 3 is 0.794 bits per heavy atom. The Hall–Kier alpha value is 0. The minimum atomic E-state index is 1.08. The van der Waals surface area contributed by atoms with Gasteiger partial charge in [-0.05, 0) is 98.7 Å². The predicted molar refractivity (Wildman–Crippen MR) is 150 cm³/mol. The first-order valence-electron chi connectivity index (χ1n) is 16.7. The second kappa shape index (κ2) is 14.7. The van der Waals surface area contributed by atoms with Gasteiger partial charge in [0.25, 0.3) is 0 Å². The van der Waals surface area contributed by atoms with Crippen molar-refractivity contribution in [2.75, 3.05) is 0 Å². The lowest BCUT2D eigenvalue weighted by molar-refractivity contribution is 0.136. The molecule has 0 N–H and O–H groups in total. The van der Waals surface area contributed by atoms with Crippen molar-refractivity contribution in [3.63, 3.8) is 0 Å². The Balaban J connectivity index is 1.01. The van der Waals surface area contributed by atoms with Crippen molar-refractivity contribution in [3.05, 3.63) is 0 Å². The molecule has 198 valence electrons. The molecular weight excluding hydrogens is 408 g/mol. The maximum Gasteiger partial charge on any atom is -0.0386 e. The fraction of sp³-hybridized carbons (Fsp3) is 1.00. The van der Waals surface area contributed by atoms with Crippen LogP contribution in [0.4, 0.5) is 0 Å². The van der Waals surface area contributed by atoms with Crippen molar-refractivity contribution < 1.29 is 0 Å². The Morgan fingerprint density at radius 1 is 0.324 bits per heavy atom. The average Bonchev–Trinajstić information content (AvgIpc) is 2.89. The summed E-state index contributed by atoms with van der Waals surface area (Å²) in [6, 6.07) is 0. The van der Waals surface area contributed by atoms with Gasteiger partial charge in [0, 0.05) is 0 Å². The molecule has 0 bridgehead atoms. The molecule has 0 aliphatic heterocycles. The van der Waals surface area contributed by atoms with E-state index in [1.54, 1.807) is 128 Å². The van der Waals surface area contributed by atoms with Gasteiger partial charge in [0.15, 0.2) is 0 Å². The molecule has 0 heteroatoms. The van der Waals surface area contributed by atoms with Crippen LogP contribution in [-0.4, -0.2) is 0 Å². The van der Waals surface area contributed by atoms with Crippen LogP contribution in [0.15, 0.2) is 0 Å². The standard InChI is InChI=1S/C34H62/c1-3-7-27-11-19-31(20-12-27)33-23-15-29(16-24-33)9-5-6-10-30-17-25-34(26-18-30)32-21-13-28(8-4-2)14-22-32/h27-34H,3-26H2,1-2H3. The average molecular weight is 471 g/mol. The van der Waals surface area contributed by atoms with Gasteiger partial charge in [-0.25, -0.2) is 0 Å². The minimum absolute atomic E-state index is 1.08. The molecule has 0 saturated heterocycles. The van der Waals surface area contributed by atoms with Gasteiger partial charge in [0.2, 0.25) is 0 Å². The van der Waals surface area contributed by atoms with Crippen LogP contribution in [0.5, 0.6) is 0 Å². The Morgan fingerprint density at radius 2 is 0.559 bits per heavy atom. The summed E-state index contributed by atoms with van der Waals surface area (Å²) in [5.41, 5.74) is 0. The van der Waals surface area contributed by atoms with Crippen LogP contribution in [0.1, 0.15) is 168 Å². The molecule has 34 heavy (non-hydrogen) atoms. The minimum Gasteiger partial charge on any atom is -0.0654 e. The first-order valence-corrected chi connectivity index (χ1v) is 16.7. The molecule has 0 atom stereocenters. The molecule has 0 amide bonds. The smallest absolute Gasteiger partial charge is 0.0386 e. The summed E-state index contributed by atoms with van der Waals surface area (Å²) < 4.78 is 0. The molecule has 0 aromatic heterocycles. The topological polar surface area (TPSA) is 0 Å². The number of rotatable bonds is 11. The van der Waals surface area contributed by atoms with Crippen LogP contribution in [0.25, 0.3) is 0 Å². The molecule has 0 aromatic carbocycles. The van der Waals surface area contributed by atoms with E-state index in [1.807, 2.05) is 0 Å². The van der Waals surface area contributed by atoms with E-state index in [0.29, 0.717) is 0 Å². The van der Waals surface area contributed by atoms with Crippen molar-refractivity contribution in [1.29, 1.82) is 0 Å². The summed E-state index contributed by atoms with van der Waals surface area (Å²) in [6.07, 6.45) is 37.2. The predicted octanol–water partition coefficient (Wildman–Crippen LogP) is 11.4. The molecule has 4 saturated carbocycles. The fourth-order valence-electron chi connectivity index (χ4n) is 9.48. The molecule has 4 fully saturated rings. The summed E-state index contributed by atoms with van der Waals surface area (Å²) in [5.74, 6) is 8.77. The lowest BCUT2D eigenvalue weighted by Crippen LogP contribution is -2.26. The molecule has 0 unspecified atom stereocenters. The first-order chi connectivity index (χ1) is 16.7.